The van der Waals surface area contributed by atoms with Gasteiger partial charge in [-0.2, -0.15) is 13.2 Å². The monoisotopic (exact) mass is 426 g/mol. The zero-order valence-corrected chi connectivity index (χ0v) is 15.9. The SMILES string of the molecule is C=CCn1c(SCC(=O)N(Cc2ccco2)CC(F)(F)F)nnc1-c1ccco1. The fourth-order valence-electron chi connectivity index (χ4n) is 2.53. The first-order valence-electron chi connectivity index (χ1n) is 8.45. The first kappa shape index (κ1) is 20.8. The highest BCUT2D eigenvalue weighted by Crippen LogP contribution is 2.25. The third kappa shape index (κ3) is 5.53. The largest absolute Gasteiger partial charge is 0.467 e. The molecular formula is C18H17F3N4O3S. The highest BCUT2D eigenvalue weighted by molar-refractivity contribution is 7.99. The molecule has 0 radical (unpaired) electrons. The number of halogens is 3. The summed E-state index contributed by atoms with van der Waals surface area (Å²) >= 11 is 0.991. The van der Waals surface area contributed by atoms with E-state index in [0.29, 0.717) is 28.2 Å². The second kappa shape index (κ2) is 9.03. The molecule has 0 aliphatic rings. The quantitative estimate of drug-likeness (QED) is 0.380. The number of nitrogens with zero attached hydrogens (tertiary/aromatic N) is 4. The highest BCUT2D eigenvalue weighted by Gasteiger charge is 2.33. The van der Waals surface area contributed by atoms with Crippen LogP contribution in [0.4, 0.5) is 13.2 Å². The van der Waals surface area contributed by atoms with Crippen molar-refractivity contribution in [2.45, 2.75) is 24.4 Å². The van der Waals surface area contributed by atoms with Gasteiger partial charge in [0.2, 0.25) is 11.7 Å². The lowest BCUT2D eigenvalue weighted by Gasteiger charge is -2.22. The van der Waals surface area contributed by atoms with Crippen LogP contribution in [-0.2, 0) is 17.9 Å². The molecule has 0 saturated carbocycles. The van der Waals surface area contributed by atoms with Gasteiger partial charge < -0.3 is 13.7 Å². The molecule has 0 N–H and O–H groups in total. The van der Waals surface area contributed by atoms with Crippen LogP contribution in [0.1, 0.15) is 5.76 Å². The van der Waals surface area contributed by atoms with Gasteiger partial charge in [-0.1, -0.05) is 17.8 Å². The van der Waals surface area contributed by atoms with Crippen molar-refractivity contribution in [1.29, 1.82) is 0 Å². The van der Waals surface area contributed by atoms with Crippen LogP contribution in [0.3, 0.4) is 0 Å². The average molecular weight is 426 g/mol. The van der Waals surface area contributed by atoms with E-state index in [2.05, 4.69) is 16.8 Å². The summed E-state index contributed by atoms with van der Waals surface area (Å²) in [6, 6.07) is 6.47. The van der Waals surface area contributed by atoms with E-state index in [-0.39, 0.29) is 18.1 Å². The van der Waals surface area contributed by atoms with E-state index in [4.69, 9.17) is 8.83 Å². The van der Waals surface area contributed by atoms with Crippen LogP contribution in [0.15, 0.2) is 63.4 Å². The molecule has 0 fully saturated rings. The summed E-state index contributed by atoms with van der Waals surface area (Å²) in [4.78, 5) is 13.2. The molecule has 3 aromatic rings. The van der Waals surface area contributed by atoms with Crippen molar-refractivity contribution in [2.24, 2.45) is 0 Å². The van der Waals surface area contributed by atoms with Gasteiger partial charge >= 0.3 is 6.18 Å². The Morgan fingerprint density at radius 2 is 2.00 bits per heavy atom. The van der Waals surface area contributed by atoms with E-state index >= 15 is 0 Å². The normalized spacial score (nSPS) is 11.6. The summed E-state index contributed by atoms with van der Waals surface area (Å²) in [7, 11) is 0. The number of aromatic nitrogens is 3. The van der Waals surface area contributed by atoms with E-state index in [0.717, 1.165) is 11.8 Å². The third-order valence-electron chi connectivity index (χ3n) is 3.74. The van der Waals surface area contributed by atoms with Crippen molar-refractivity contribution < 1.29 is 26.8 Å². The first-order chi connectivity index (χ1) is 13.9. The lowest BCUT2D eigenvalue weighted by molar-refractivity contribution is -0.161. The van der Waals surface area contributed by atoms with Crippen molar-refractivity contribution in [3.05, 3.63) is 55.2 Å². The molecule has 3 heterocycles. The van der Waals surface area contributed by atoms with Gasteiger partial charge in [0.15, 0.2) is 10.9 Å². The molecule has 0 aromatic carbocycles. The van der Waals surface area contributed by atoms with Crippen molar-refractivity contribution >= 4 is 17.7 Å². The van der Waals surface area contributed by atoms with Crippen LogP contribution in [0.5, 0.6) is 0 Å². The number of alkyl halides is 3. The summed E-state index contributed by atoms with van der Waals surface area (Å²) in [5, 5.41) is 8.45. The van der Waals surface area contributed by atoms with E-state index in [9.17, 15) is 18.0 Å². The topological polar surface area (TPSA) is 77.3 Å². The standard InChI is InChI=1S/C18H17F3N4O3S/c1-2-7-25-16(14-6-4-9-28-14)22-23-17(25)29-11-15(26)24(12-18(19,20)21)10-13-5-3-8-27-13/h2-6,8-9H,1,7,10-12H2. The molecule has 0 bridgehead atoms. The number of hydrogen-bond donors (Lipinski definition) is 0. The Labute approximate surface area is 168 Å². The van der Waals surface area contributed by atoms with E-state index < -0.39 is 18.6 Å². The van der Waals surface area contributed by atoms with Crippen LogP contribution in [0.2, 0.25) is 0 Å². The Hall–Kier alpha value is -2.95. The molecular weight excluding hydrogens is 409 g/mol. The van der Waals surface area contributed by atoms with Gasteiger partial charge in [-0.15, -0.1) is 16.8 Å². The number of furan rings is 2. The van der Waals surface area contributed by atoms with E-state index in [1.807, 2.05) is 0 Å². The van der Waals surface area contributed by atoms with Gasteiger partial charge in [0.25, 0.3) is 0 Å². The maximum absolute atomic E-state index is 12.9. The minimum atomic E-state index is -4.53. The second-order valence-corrected chi connectivity index (χ2v) is 6.86. The van der Waals surface area contributed by atoms with E-state index in [1.54, 1.807) is 28.8 Å². The minimum absolute atomic E-state index is 0.246. The molecule has 29 heavy (non-hydrogen) atoms. The smallest absolute Gasteiger partial charge is 0.406 e. The highest BCUT2D eigenvalue weighted by atomic mass is 32.2. The Balaban J connectivity index is 1.73. The lowest BCUT2D eigenvalue weighted by Crippen LogP contribution is -2.39. The zero-order chi connectivity index (χ0) is 20.9. The van der Waals surface area contributed by atoms with Gasteiger partial charge in [-0.25, -0.2) is 0 Å². The summed E-state index contributed by atoms with van der Waals surface area (Å²) in [5.41, 5.74) is 0. The Morgan fingerprint density at radius 3 is 2.62 bits per heavy atom. The Kier molecular flexibility index (Phi) is 6.47. The maximum atomic E-state index is 12.9. The Morgan fingerprint density at radius 1 is 1.24 bits per heavy atom. The summed E-state index contributed by atoms with van der Waals surface area (Å²) in [6.45, 7) is 2.38. The number of amides is 1. The molecule has 0 aliphatic heterocycles. The number of hydrogen-bond acceptors (Lipinski definition) is 6. The molecule has 1 amide bonds. The lowest BCUT2D eigenvalue weighted by atomic mass is 10.3. The molecule has 7 nitrogen and oxygen atoms in total. The van der Waals surface area contributed by atoms with Gasteiger partial charge in [0, 0.05) is 6.54 Å². The van der Waals surface area contributed by atoms with Gasteiger partial charge in [0.1, 0.15) is 12.3 Å². The maximum Gasteiger partial charge on any atom is 0.406 e. The summed E-state index contributed by atoms with van der Waals surface area (Å²) in [5.74, 6) is 0.241. The number of carbonyl (C=O) groups is 1. The second-order valence-electron chi connectivity index (χ2n) is 5.92. The summed E-state index contributed by atoms with van der Waals surface area (Å²) < 4.78 is 50.8. The molecule has 3 rings (SSSR count). The van der Waals surface area contributed by atoms with Crippen LogP contribution >= 0.6 is 11.8 Å². The fraction of sp³-hybridized carbons (Fsp3) is 0.278. The predicted octanol–water partition coefficient (Wildman–Crippen LogP) is 4.00. The van der Waals surface area contributed by atoms with Crippen molar-refractivity contribution in [2.75, 3.05) is 12.3 Å². The molecule has 0 saturated heterocycles. The van der Waals surface area contributed by atoms with Gasteiger partial charge in [-0.3, -0.25) is 9.36 Å². The first-order valence-corrected chi connectivity index (χ1v) is 9.43. The Bertz CT molecular complexity index is 936. The zero-order valence-electron chi connectivity index (χ0n) is 15.1. The third-order valence-corrected chi connectivity index (χ3v) is 4.70. The average Bonchev–Trinajstić information content (AvgIpc) is 3.40. The van der Waals surface area contributed by atoms with Crippen LogP contribution < -0.4 is 0 Å². The molecule has 0 aliphatic carbocycles. The van der Waals surface area contributed by atoms with Gasteiger partial charge in [0.05, 0.1) is 24.8 Å². The predicted molar refractivity (Wildman–Crippen MR) is 98.8 cm³/mol. The van der Waals surface area contributed by atoms with Crippen LogP contribution in [0, 0.1) is 0 Å². The number of carbonyl (C=O) groups excluding carboxylic acids is 1. The molecule has 0 unspecified atom stereocenters. The number of thioether (sulfide) groups is 1. The molecule has 0 spiro atoms. The molecule has 154 valence electrons. The fourth-order valence-corrected chi connectivity index (χ4v) is 3.38. The molecule has 0 atom stereocenters. The number of allylic oxidation sites excluding steroid dienone is 1. The van der Waals surface area contributed by atoms with Crippen LogP contribution in [0.25, 0.3) is 11.6 Å². The number of rotatable bonds is 9. The summed E-state index contributed by atoms with van der Waals surface area (Å²) in [6.07, 6.45) is -0.0761. The van der Waals surface area contributed by atoms with Gasteiger partial charge in [-0.05, 0) is 24.3 Å². The van der Waals surface area contributed by atoms with Crippen LogP contribution in [-0.4, -0.2) is 44.0 Å². The van der Waals surface area contributed by atoms with Crippen molar-refractivity contribution in [3.63, 3.8) is 0 Å². The van der Waals surface area contributed by atoms with Crippen molar-refractivity contribution in [1.82, 2.24) is 19.7 Å². The van der Waals surface area contributed by atoms with E-state index in [1.165, 1.54) is 18.6 Å². The molecule has 3 aromatic heterocycles. The van der Waals surface area contributed by atoms with Crippen molar-refractivity contribution in [3.8, 4) is 11.6 Å². The molecule has 11 heteroatoms. The minimum Gasteiger partial charge on any atom is -0.467 e.